The van der Waals surface area contributed by atoms with Crippen LogP contribution in [0.5, 0.6) is 0 Å². The maximum Gasteiger partial charge on any atom is 0.194 e. The smallest absolute Gasteiger partial charge is 0.194 e. The van der Waals surface area contributed by atoms with Crippen molar-refractivity contribution >= 4 is 16.3 Å². The van der Waals surface area contributed by atoms with Gasteiger partial charge in [0.1, 0.15) is 0 Å². The highest BCUT2D eigenvalue weighted by atomic mass is 32.1. The largest absolute Gasteiger partial charge is 0.307 e. The summed E-state index contributed by atoms with van der Waals surface area (Å²) in [5.41, 5.74) is 4.66. The van der Waals surface area contributed by atoms with Crippen LogP contribution in [-0.4, -0.2) is 19.2 Å². The molecule has 5 nitrogen and oxygen atoms in total. The lowest BCUT2D eigenvalue weighted by Gasteiger charge is -2.04. The molecule has 0 aliphatic rings. The Balaban J connectivity index is 1.71. The molecule has 100 valence electrons. The minimum Gasteiger partial charge on any atom is -0.307 e. The molecule has 3 aromatic rings. The zero-order chi connectivity index (χ0) is 13.4. The summed E-state index contributed by atoms with van der Waals surface area (Å²) in [6, 6.07) is 0. The van der Waals surface area contributed by atoms with Gasteiger partial charge < -0.3 is 5.32 Å². The first-order chi connectivity index (χ1) is 9.15. The Morgan fingerprint density at radius 3 is 2.84 bits per heavy atom. The number of nitrogens with zero attached hydrogens (tertiary/aromatic N) is 4. The normalized spacial score (nSPS) is 11.5. The van der Waals surface area contributed by atoms with E-state index in [1.54, 1.807) is 11.3 Å². The van der Waals surface area contributed by atoms with Crippen LogP contribution in [0.15, 0.2) is 17.8 Å². The highest BCUT2D eigenvalue weighted by Crippen LogP contribution is 2.16. The Morgan fingerprint density at radius 1 is 1.26 bits per heavy atom. The average molecular weight is 275 g/mol. The summed E-state index contributed by atoms with van der Waals surface area (Å²) in [6.45, 7) is 5.75. The van der Waals surface area contributed by atoms with E-state index in [4.69, 9.17) is 0 Å². The topological polar surface area (TPSA) is 47.2 Å². The minimum absolute atomic E-state index is 0.818. The Bertz CT molecular complexity index is 706. The molecule has 0 atom stereocenters. The Kier molecular flexibility index (Phi) is 3.12. The number of aryl methyl sites for hydroxylation is 3. The SMILES string of the molecule is Cc1nn(C)cc1CNCc1c(C)nc2sccn12. The summed E-state index contributed by atoms with van der Waals surface area (Å²) in [5.74, 6) is 0. The third kappa shape index (κ3) is 2.29. The van der Waals surface area contributed by atoms with E-state index in [2.05, 4.69) is 44.5 Å². The van der Waals surface area contributed by atoms with E-state index in [0.29, 0.717) is 0 Å². The van der Waals surface area contributed by atoms with Crippen molar-refractivity contribution in [2.75, 3.05) is 0 Å². The van der Waals surface area contributed by atoms with Gasteiger partial charge >= 0.3 is 0 Å². The molecule has 19 heavy (non-hydrogen) atoms. The molecule has 3 heterocycles. The second-order valence-corrected chi connectivity index (χ2v) is 5.59. The molecule has 0 bridgehead atoms. The van der Waals surface area contributed by atoms with Gasteiger partial charge in [-0.3, -0.25) is 9.08 Å². The maximum absolute atomic E-state index is 4.55. The quantitative estimate of drug-likeness (QED) is 0.792. The van der Waals surface area contributed by atoms with Crippen LogP contribution in [0.25, 0.3) is 4.96 Å². The molecule has 0 aliphatic carbocycles. The van der Waals surface area contributed by atoms with Gasteiger partial charge in [-0.05, 0) is 13.8 Å². The molecule has 1 N–H and O–H groups in total. The number of aromatic nitrogens is 4. The van der Waals surface area contributed by atoms with Crippen molar-refractivity contribution in [3.8, 4) is 0 Å². The van der Waals surface area contributed by atoms with Gasteiger partial charge in [-0.25, -0.2) is 4.98 Å². The summed E-state index contributed by atoms with van der Waals surface area (Å²) in [4.78, 5) is 5.61. The summed E-state index contributed by atoms with van der Waals surface area (Å²) < 4.78 is 4.01. The van der Waals surface area contributed by atoms with Gasteiger partial charge in [-0.15, -0.1) is 11.3 Å². The molecule has 0 saturated carbocycles. The number of thiazole rings is 1. The van der Waals surface area contributed by atoms with Crippen molar-refractivity contribution < 1.29 is 0 Å². The van der Waals surface area contributed by atoms with E-state index in [9.17, 15) is 0 Å². The van der Waals surface area contributed by atoms with Crippen LogP contribution in [0.4, 0.5) is 0 Å². The lowest BCUT2D eigenvalue weighted by atomic mass is 10.2. The molecule has 0 radical (unpaired) electrons. The van der Waals surface area contributed by atoms with Crippen molar-refractivity contribution in [3.05, 3.63) is 40.4 Å². The molecule has 3 aromatic heterocycles. The van der Waals surface area contributed by atoms with Gasteiger partial charge in [0.15, 0.2) is 4.96 Å². The van der Waals surface area contributed by atoms with Crippen molar-refractivity contribution in [1.29, 1.82) is 0 Å². The molecule has 0 amide bonds. The third-order valence-corrected chi connectivity index (χ3v) is 4.04. The molecule has 3 rings (SSSR count). The minimum atomic E-state index is 0.818. The first kappa shape index (κ1) is 12.4. The number of imidazole rings is 1. The molecule has 0 aromatic carbocycles. The van der Waals surface area contributed by atoms with E-state index in [-0.39, 0.29) is 0 Å². The van der Waals surface area contributed by atoms with Crippen LogP contribution in [0.1, 0.15) is 22.6 Å². The van der Waals surface area contributed by atoms with Crippen LogP contribution in [0.3, 0.4) is 0 Å². The molecule has 0 fully saturated rings. The number of nitrogens with one attached hydrogen (secondary N) is 1. The van der Waals surface area contributed by atoms with Gasteiger partial charge in [0.05, 0.1) is 17.1 Å². The van der Waals surface area contributed by atoms with Crippen LogP contribution in [0.2, 0.25) is 0 Å². The first-order valence-electron chi connectivity index (χ1n) is 6.26. The number of hydrogen-bond donors (Lipinski definition) is 1. The Labute approximate surface area is 115 Å². The standard InChI is InChI=1S/C13H17N5S/c1-9-11(8-17(3)16-9)6-14-7-12-10(2)15-13-18(12)4-5-19-13/h4-5,8,14H,6-7H2,1-3H3. The summed E-state index contributed by atoms with van der Waals surface area (Å²) in [7, 11) is 1.95. The Hall–Kier alpha value is -1.66. The number of rotatable bonds is 4. The van der Waals surface area contributed by atoms with Gasteiger partial charge in [0.2, 0.25) is 0 Å². The number of fused-ring (bicyclic) bond motifs is 1. The molecule has 0 saturated heterocycles. The van der Waals surface area contributed by atoms with Gasteiger partial charge in [0, 0.05) is 43.5 Å². The highest BCUT2D eigenvalue weighted by molar-refractivity contribution is 7.15. The third-order valence-electron chi connectivity index (χ3n) is 3.28. The first-order valence-corrected chi connectivity index (χ1v) is 7.14. The second-order valence-electron chi connectivity index (χ2n) is 4.72. The lowest BCUT2D eigenvalue weighted by Crippen LogP contribution is -2.15. The van der Waals surface area contributed by atoms with E-state index in [0.717, 1.165) is 29.4 Å². The Morgan fingerprint density at radius 2 is 2.11 bits per heavy atom. The summed E-state index contributed by atoms with van der Waals surface area (Å²) in [5, 5.41) is 9.88. The van der Waals surface area contributed by atoms with E-state index < -0.39 is 0 Å². The zero-order valence-corrected chi connectivity index (χ0v) is 12.2. The fourth-order valence-corrected chi connectivity index (χ4v) is 3.07. The fraction of sp³-hybridized carbons (Fsp3) is 0.385. The van der Waals surface area contributed by atoms with Crippen LogP contribution in [-0.2, 0) is 20.1 Å². The van der Waals surface area contributed by atoms with E-state index in [1.807, 2.05) is 18.7 Å². The van der Waals surface area contributed by atoms with Crippen LogP contribution >= 0.6 is 11.3 Å². The average Bonchev–Trinajstić information content (AvgIpc) is 2.98. The van der Waals surface area contributed by atoms with Crippen molar-refractivity contribution in [2.45, 2.75) is 26.9 Å². The molecular weight excluding hydrogens is 258 g/mol. The summed E-state index contributed by atoms with van der Waals surface area (Å²) in [6.07, 6.45) is 4.14. The van der Waals surface area contributed by atoms with E-state index in [1.165, 1.54) is 11.3 Å². The van der Waals surface area contributed by atoms with Crippen LogP contribution in [0, 0.1) is 13.8 Å². The fourth-order valence-electron chi connectivity index (χ4n) is 2.29. The molecule has 0 unspecified atom stereocenters. The number of hydrogen-bond acceptors (Lipinski definition) is 4. The lowest BCUT2D eigenvalue weighted by molar-refractivity contribution is 0.670. The maximum atomic E-state index is 4.55. The van der Waals surface area contributed by atoms with Gasteiger partial charge in [0.25, 0.3) is 0 Å². The van der Waals surface area contributed by atoms with Crippen LogP contribution < -0.4 is 5.32 Å². The molecular formula is C13H17N5S. The highest BCUT2D eigenvalue weighted by Gasteiger charge is 2.09. The van der Waals surface area contributed by atoms with Crippen molar-refractivity contribution in [1.82, 2.24) is 24.5 Å². The monoisotopic (exact) mass is 275 g/mol. The second kappa shape index (κ2) is 4.79. The zero-order valence-electron chi connectivity index (χ0n) is 11.3. The predicted molar refractivity (Wildman–Crippen MR) is 76.3 cm³/mol. The van der Waals surface area contributed by atoms with Gasteiger partial charge in [-0.2, -0.15) is 5.10 Å². The van der Waals surface area contributed by atoms with Crippen molar-refractivity contribution in [3.63, 3.8) is 0 Å². The van der Waals surface area contributed by atoms with Gasteiger partial charge in [-0.1, -0.05) is 0 Å². The molecule has 6 heteroatoms. The summed E-state index contributed by atoms with van der Waals surface area (Å²) >= 11 is 1.67. The van der Waals surface area contributed by atoms with E-state index >= 15 is 0 Å². The van der Waals surface area contributed by atoms with Crippen molar-refractivity contribution in [2.24, 2.45) is 7.05 Å². The molecule has 0 spiro atoms. The molecule has 0 aliphatic heterocycles. The predicted octanol–water partition coefficient (Wildman–Crippen LogP) is 2.04.